The highest BCUT2D eigenvalue weighted by Gasteiger charge is 2.43. The lowest BCUT2D eigenvalue weighted by Gasteiger charge is -2.07. The normalized spacial score (nSPS) is 20.1. The minimum atomic E-state index is -0.236. The van der Waals surface area contributed by atoms with E-state index in [1.54, 1.807) is 12.1 Å². The Hall–Kier alpha value is -2.16. The van der Waals surface area contributed by atoms with E-state index in [0.717, 1.165) is 17.5 Å². The average molecular weight is 283 g/mol. The number of aryl methyl sites for hydroxylation is 1. The van der Waals surface area contributed by atoms with Crippen molar-refractivity contribution in [3.63, 3.8) is 0 Å². The third-order valence-electron chi connectivity index (χ3n) is 4.14. The van der Waals surface area contributed by atoms with Gasteiger partial charge in [-0.2, -0.15) is 0 Å². The zero-order valence-corrected chi connectivity index (χ0v) is 12.0. The van der Waals surface area contributed by atoms with Crippen molar-refractivity contribution in [3.8, 4) is 0 Å². The van der Waals surface area contributed by atoms with Gasteiger partial charge in [-0.3, -0.25) is 4.79 Å². The molecule has 3 heteroatoms. The molecule has 2 aromatic carbocycles. The van der Waals surface area contributed by atoms with Gasteiger partial charge in [0.05, 0.1) is 0 Å². The minimum Gasteiger partial charge on any atom is -0.352 e. The Morgan fingerprint density at radius 1 is 1.19 bits per heavy atom. The number of carbonyl (C=O) groups is 1. The van der Waals surface area contributed by atoms with Gasteiger partial charge in [-0.25, -0.2) is 4.39 Å². The number of hydrogen-bond donors (Lipinski definition) is 1. The first-order valence-corrected chi connectivity index (χ1v) is 7.23. The maximum atomic E-state index is 12.9. The third kappa shape index (κ3) is 3.13. The van der Waals surface area contributed by atoms with Gasteiger partial charge in [-0.15, -0.1) is 0 Å². The molecule has 1 aliphatic rings. The van der Waals surface area contributed by atoms with Crippen LogP contribution in [0, 0.1) is 18.7 Å². The second-order valence-corrected chi connectivity index (χ2v) is 5.64. The maximum absolute atomic E-state index is 12.9. The van der Waals surface area contributed by atoms with E-state index in [2.05, 4.69) is 5.32 Å². The standard InChI is InChI=1S/C18H18FNO/c1-12-4-2-3-5-14(12)11-20-18(21)17-10-16(17)13-6-8-15(19)9-7-13/h2-9,16-17H,10-11H2,1H3,(H,20,21). The maximum Gasteiger partial charge on any atom is 0.224 e. The van der Waals surface area contributed by atoms with Crippen LogP contribution in [0.25, 0.3) is 0 Å². The van der Waals surface area contributed by atoms with E-state index < -0.39 is 0 Å². The first kappa shape index (κ1) is 13.8. The van der Waals surface area contributed by atoms with E-state index in [-0.39, 0.29) is 23.6 Å². The van der Waals surface area contributed by atoms with Crippen molar-refractivity contribution in [2.24, 2.45) is 5.92 Å². The molecule has 0 aromatic heterocycles. The van der Waals surface area contributed by atoms with Gasteiger partial charge in [0, 0.05) is 12.5 Å². The van der Waals surface area contributed by atoms with Crippen LogP contribution in [0.4, 0.5) is 4.39 Å². The molecule has 1 fully saturated rings. The summed E-state index contributed by atoms with van der Waals surface area (Å²) in [5, 5.41) is 3.00. The minimum absolute atomic E-state index is 0.0273. The molecule has 0 heterocycles. The van der Waals surface area contributed by atoms with Crippen LogP contribution in [0.1, 0.15) is 29.0 Å². The van der Waals surface area contributed by atoms with E-state index in [1.165, 1.54) is 17.7 Å². The van der Waals surface area contributed by atoms with E-state index in [1.807, 2.05) is 31.2 Å². The van der Waals surface area contributed by atoms with Gasteiger partial charge in [0.1, 0.15) is 5.82 Å². The van der Waals surface area contributed by atoms with Crippen molar-refractivity contribution in [2.45, 2.75) is 25.8 Å². The highest BCUT2D eigenvalue weighted by atomic mass is 19.1. The fourth-order valence-corrected chi connectivity index (χ4v) is 2.69. The van der Waals surface area contributed by atoms with Gasteiger partial charge in [0.15, 0.2) is 0 Å². The monoisotopic (exact) mass is 283 g/mol. The highest BCUT2D eigenvalue weighted by molar-refractivity contribution is 5.82. The van der Waals surface area contributed by atoms with Gasteiger partial charge in [0.25, 0.3) is 0 Å². The van der Waals surface area contributed by atoms with Crippen LogP contribution in [0.5, 0.6) is 0 Å². The topological polar surface area (TPSA) is 29.1 Å². The largest absolute Gasteiger partial charge is 0.352 e. The quantitative estimate of drug-likeness (QED) is 0.913. The van der Waals surface area contributed by atoms with E-state index in [4.69, 9.17) is 0 Å². The van der Waals surface area contributed by atoms with Crippen LogP contribution >= 0.6 is 0 Å². The van der Waals surface area contributed by atoms with Crippen molar-refractivity contribution in [1.82, 2.24) is 5.32 Å². The van der Waals surface area contributed by atoms with Crippen LogP contribution in [0.3, 0.4) is 0 Å². The van der Waals surface area contributed by atoms with Crippen LogP contribution in [0.2, 0.25) is 0 Å². The predicted molar refractivity (Wildman–Crippen MR) is 80.3 cm³/mol. The molecule has 0 bridgehead atoms. The fourth-order valence-electron chi connectivity index (χ4n) is 2.69. The Bertz CT molecular complexity index is 651. The molecule has 1 aliphatic carbocycles. The molecule has 1 N–H and O–H groups in total. The van der Waals surface area contributed by atoms with Crippen molar-refractivity contribution in [2.75, 3.05) is 0 Å². The molecule has 0 saturated heterocycles. The molecule has 108 valence electrons. The SMILES string of the molecule is Cc1ccccc1CNC(=O)C1CC1c1ccc(F)cc1. The lowest BCUT2D eigenvalue weighted by molar-refractivity contribution is -0.122. The van der Waals surface area contributed by atoms with Crippen LogP contribution in [0.15, 0.2) is 48.5 Å². The average Bonchev–Trinajstić information content (AvgIpc) is 3.27. The number of halogens is 1. The summed E-state index contributed by atoms with van der Waals surface area (Å²) in [4.78, 5) is 12.2. The smallest absolute Gasteiger partial charge is 0.224 e. The van der Waals surface area contributed by atoms with Gasteiger partial charge in [-0.1, -0.05) is 36.4 Å². The Balaban J connectivity index is 1.56. The molecule has 0 spiro atoms. The second-order valence-electron chi connectivity index (χ2n) is 5.64. The summed E-state index contributed by atoms with van der Waals surface area (Å²) < 4.78 is 12.9. The fraction of sp³-hybridized carbons (Fsp3) is 0.278. The van der Waals surface area contributed by atoms with E-state index in [0.29, 0.717) is 6.54 Å². The number of hydrogen-bond acceptors (Lipinski definition) is 1. The lowest BCUT2D eigenvalue weighted by atomic mass is 10.1. The van der Waals surface area contributed by atoms with E-state index in [9.17, 15) is 9.18 Å². The van der Waals surface area contributed by atoms with Crippen LogP contribution in [-0.2, 0) is 11.3 Å². The molecule has 2 atom stereocenters. The molecule has 0 radical (unpaired) electrons. The van der Waals surface area contributed by atoms with Crippen molar-refractivity contribution >= 4 is 5.91 Å². The first-order valence-electron chi connectivity index (χ1n) is 7.23. The molecule has 1 saturated carbocycles. The van der Waals surface area contributed by atoms with Gasteiger partial charge < -0.3 is 5.32 Å². The first-order chi connectivity index (χ1) is 10.1. The Morgan fingerprint density at radius 2 is 1.90 bits per heavy atom. The van der Waals surface area contributed by atoms with Crippen LogP contribution < -0.4 is 5.32 Å². The summed E-state index contributed by atoms with van der Waals surface area (Å²) in [6.07, 6.45) is 0.852. The van der Waals surface area contributed by atoms with Gasteiger partial charge in [0.2, 0.25) is 5.91 Å². The number of rotatable bonds is 4. The molecule has 21 heavy (non-hydrogen) atoms. The Labute approximate surface area is 124 Å². The molecule has 2 aromatic rings. The molecule has 0 aliphatic heterocycles. The zero-order chi connectivity index (χ0) is 14.8. The number of benzene rings is 2. The molecule has 3 rings (SSSR count). The summed E-state index contributed by atoms with van der Waals surface area (Å²) >= 11 is 0. The molecular formula is C18H18FNO. The summed E-state index contributed by atoms with van der Waals surface area (Å²) in [5.41, 5.74) is 3.38. The van der Waals surface area contributed by atoms with Gasteiger partial charge >= 0.3 is 0 Å². The van der Waals surface area contributed by atoms with Crippen LogP contribution in [-0.4, -0.2) is 5.91 Å². The molecular weight excluding hydrogens is 265 g/mol. The zero-order valence-electron chi connectivity index (χ0n) is 12.0. The molecule has 2 nitrogen and oxygen atoms in total. The van der Waals surface area contributed by atoms with Gasteiger partial charge in [-0.05, 0) is 48.1 Å². The Kier molecular flexibility index (Phi) is 3.74. The summed E-state index contributed by atoms with van der Waals surface area (Å²) in [6, 6.07) is 14.5. The summed E-state index contributed by atoms with van der Waals surface area (Å²) in [5.74, 6) is 0.120. The lowest BCUT2D eigenvalue weighted by Crippen LogP contribution is -2.25. The number of amides is 1. The summed E-state index contributed by atoms with van der Waals surface area (Å²) in [7, 11) is 0. The van der Waals surface area contributed by atoms with Crippen molar-refractivity contribution in [1.29, 1.82) is 0 Å². The molecule has 1 amide bonds. The highest BCUT2D eigenvalue weighted by Crippen LogP contribution is 2.47. The predicted octanol–water partition coefficient (Wildman–Crippen LogP) is 3.55. The van der Waals surface area contributed by atoms with Crippen molar-refractivity contribution < 1.29 is 9.18 Å². The van der Waals surface area contributed by atoms with Crippen molar-refractivity contribution in [3.05, 3.63) is 71.0 Å². The third-order valence-corrected chi connectivity index (χ3v) is 4.14. The number of carbonyl (C=O) groups excluding carboxylic acids is 1. The Morgan fingerprint density at radius 3 is 2.62 bits per heavy atom. The van der Waals surface area contributed by atoms with E-state index >= 15 is 0 Å². The molecule has 2 unspecified atom stereocenters. The summed E-state index contributed by atoms with van der Waals surface area (Å²) in [6.45, 7) is 2.61. The number of nitrogens with one attached hydrogen (secondary N) is 1. The second kappa shape index (κ2) is 5.68.